The fourth-order valence-corrected chi connectivity index (χ4v) is 3.01. The number of hydrogen-bond acceptors (Lipinski definition) is 12. The molecule has 0 aromatic carbocycles. The van der Waals surface area contributed by atoms with Gasteiger partial charge in [-0.15, -0.1) is 10.2 Å². The smallest absolute Gasteiger partial charge is 0.356 e. The monoisotopic (exact) mass is 463 g/mol. The molecule has 1 radical (unpaired) electrons. The average molecular weight is 464 g/mol. The zero-order valence-corrected chi connectivity index (χ0v) is 16.1. The molecule has 2 heterocycles. The summed E-state index contributed by atoms with van der Waals surface area (Å²) in [7, 11) is 0. The first-order valence-corrected chi connectivity index (χ1v) is 8.48. The number of nitrogens with zero attached hydrogens (tertiary/aromatic N) is 10. The van der Waals surface area contributed by atoms with Crippen LogP contribution in [0, 0.1) is 30.6 Å². The average Bonchev–Trinajstić information content (AvgIpc) is 3.46. The van der Waals surface area contributed by atoms with Crippen LogP contribution in [0.4, 0.5) is 0 Å². The van der Waals surface area contributed by atoms with E-state index in [0.717, 1.165) is 0 Å². The van der Waals surface area contributed by atoms with Gasteiger partial charge in [0.1, 0.15) is 12.7 Å². The quantitative estimate of drug-likeness (QED) is 0.346. The van der Waals surface area contributed by atoms with E-state index >= 15 is 0 Å². The molecule has 0 aliphatic heterocycles. The Morgan fingerprint density at radius 2 is 0.966 bits per heavy atom. The third kappa shape index (κ3) is 12.2. The van der Waals surface area contributed by atoms with Gasteiger partial charge < -0.3 is 30.6 Å². The Morgan fingerprint density at radius 3 is 1.17 bits per heavy atom. The Bertz CT molecular complexity index is 595. The van der Waals surface area contributed by atoms with Crippen LogP contribution in [-0.4, -0.2) is 50.6 Å². The van der Waals surface area contributed by atoms with Gasteiger partial charge in [-0.1, -0.05) is 25.7 Å². The second kappa shape index (κ2) is 15.0. The van der Waals surface area contributed by atoms with E-state index in [4.69, 9.17) is 30.6 Å². The van der Waals surface area contributed by atoms with Crippen LogP contribution in [-0.2, 0) is 17.1 Å². The second-order valence-electron chi connectivity index (χ2n) is 5.90. The van der Waals surface area contributed by atoms with E-state index in [1.165, 1.54) is 51.4 Å². The van der Waals surface area contributed by atoms with Crippen molar-refractivity contribution in [2.45, 2.75) is 63.5 Å². The van der Waals surface area contributed by atoms with Crippen molar-refractivity contribution in [1.29, 1.82) is 0 Å². The topological polar surface area (TPSA) is 220 Å². The molecule has 0 amide bonds. The Hall–Kier alpha value is -2.94. The van der Waals surface area contributed by atoms with Gasteiger partial charge in [0.25, 0.3) is 0 Å². The fourth-order valence-electron chi connectivity index (χ4n) is 3.01. The first kappa shape index (κ1) is 26.1. The fraction of sp³-hybridized carbons (Fsp3) is 0.833. The third-order valence-corrected chi connectivity index (χ3v) is 4.13. The van der Waals surface area contributed by atoms with Crippen LogP contribution in [0.5, 0.6) is 0 Å². The van der Waals surface area contributed by atoms with Gasteiger partial charge in [0.15, 0.2) is 0 Å². The standard InChI is InChI=1S/2C6H10N4.Cu.2NO3/c2*1-2-4-6(3-1)10-5-7-8-9-10;;2*2-1(3)4/h2*5-6H,1-4H2;;;/q;;+2;2*-1. The molecule has 0 N–H and O–H groups in total. The summed E-state index contributed by atoms with van der Waals surface area (Å²) in [6.45, 7) is 0. The minimum Gasteiger partial charge on any atom is -0.356 e. The Morgan fingerprint density at radius 1 is 0.690 bits per heavy atom. The van der Waals surface area contributed by atoms with Crippen LogP contribution in [0.15, 0.2) is 12.7 Å². The van der Waals surface area contributed by atoms with Gasteiger partial charge in [0, 0.05) is 0 Å². The van der Waals surface area contributed by atoms with Crippen molar-refractivity contribution in [2.24, 2.45) is 0 Å². The van der Waals surface area contributed by atoms with E-state index in [-0.39, 0.29) is 17.1 Å². The van der Waals surface area contributed by atoms with Gasteiger partial charge in [-0.2, -0.15) is 0 Å². The van der Waals surface area contributed by atoms with Crippen molar-refractivity contribution in [3.63, 3.8) is 0 Å². The summed E-state index contributed by atoms with van der Waals surface area (Å²) < 4.78 is 3.74. The minimum absolute atomic E-state index is 0. The molecule has 2 aliphatic carbocycles. The molecule has 0 saturated heterocycles. The van der Waals surface area contributed by atoms with Crippen molar-refractivity contribution < 1.29 is 27.2 Å². The van der Waals surface area contributed by atoms with E-state index in [9.17, 15) is 0 Å². The molecule has 17 heteroatoms. The SMILES string of the molecule is O=[N+]([O-])[O-].O=[N+]([O-])[O-].[Cu+2].c1nnnn1C1CCCC1.c1nnnn1C1CCCC1. The predicted octanol–water partition coefficient (Wildman–Crippen LogP) is 1.10. The first-order chi connectivity index (χ1) is 13.4. The van der Waals surface area contributed by atoms with Crippen molar-refractivity contribution in [2.75, 3.05) is 0 Å². The number of rotatable bonds is 2. The summed E-state index contributed by atoms with van der Waals surface area (Å²) in [5.41, 5.74) is 0. The van der Waals surface area contributed by atoms with Crippen molar-refractivity contribution >= 4 is 0 Å². The van der Waals surface area contributed by atoms with Crippen LogP contribution in [0.1, 0.15) is 63.5 Å². The molecule has 4 rings (SSSR count). The van der Waals surface area contributed by atoms with Gasteiger partial charge in [-0.25, -0.2) is 9.36 Å². The molecular weight excluding hydrogens is 444 g/mol. The second-order valence-corrected chi connectivity index (χ2v) is 5.90. The number of hydrogen-bond donors (Lipinski definition) is 0. The Labute approximate surface area is 175 Å². The Balaban J connectivity index is 0.000000391. The molecule has 165 valence electrons. The minimum atomic E-state index is -1.75. The van der Waals surface area contributed by atoms with E-state index in [1.54, 1.807) is 12.7 Å². The van der Waals surface area contributed by atoms with E-state index in [1.807, 2.05) is 9.36 Å². The Kier molecular flexibility index (Phi) is 13.5. The predicted molar refractivity (Wildman–Crippen MR) is 91.4 cm³/mol. The molecular formula is C12H20CuN10O6. The maximum atomic E-state index is 8.25. The summed E-state index contributed by atoms with van der Waals surface area (Å²) in [5.74, 6) is 0. The summed E-state index contributed by atoms with van der Waals surface area (Å²) in [5, 5.41) is 51.6. The molecule has 2 saturated carbocycles. The molecule has 16 nitrogen and oxygen atoms in total. The summed E-state index contributed by atoms with van der Waals surface area (Å²) in [6, 6.07) is 1.16. The van der Waals surface area contributed by atoms with Gasteiger partial charge in [-0.3, -0.25) is 0 Å². The van der Waals surface area contributed by atoms with Crippen LogP contribution < -0.4 is 0 Å². The zero-order chi connectivity index (χ0) is 20.8. The largest absolute Gasteiger partial charge is 2.00 e. The summed E-state index contributed by atoms with van der Waals surface area (Å²) >= 11 is 0. The maximum absolute atomic E-state index is 8.25. The third-order valence-electron chi connectivity index (χ3n) is 4.13. The summed E-state index contributed by atoms with van der Waals surface area (Å²) in [4.78, 5) is 16.5. The molecule has 2 aliphatic rings. The van der Waals surface area contributed by atoms with Gasteiger partial charge in [0.05, 0.1) is 22.3 Å². The van der Waals surface area contributed by atoms with Gasteiger partial charge in [0.2, 0.25) is 0 Å². The van der Waals surface area contributed by atoms with Gasteiger partial charge >= 0.3 is 17.1 Å². The van der Waals surface area contributed by atoms with Crippen LogP contribution in [0.2, 0.25) is 0 Å². The molecule has 0 spiro atoms. The van der Waals surface area contributed by atoms with Gasteiger partial charge in [-0.05, 0) is 46.5 Å². The van der Waals surface area contributed by atoms with Crippen molar-refractivity contribution in [3.05, 3.63) is 43.3 Å². The van der Waals surface area contributed by atoms with Crippen LogP contribution in [0.3, 0.4) is 0 Å². The molecule has 2 aromatic heterocycles. The first-order valence-electron chi connectivity index (χ1n) is 8.48. The van der Waals surface area contributed by atoms with Crippen molar-refractivity contribution in [1.82, 2.24) is 40.4 Å². The van der Waals surface area contributed by atoms with Crippen molar-refractivity contribution in [3.8, 4) is 0 Å². The maximum Gasteiger partial charge on any atom is 2.00 e. The van der Waals surface area contributed by atoms with E-state index in [0.29, 0.717) is 12.1 Å². The zero-order valence-electron chi connectivity index (χ0n) is 15.2. The molecule has 2 aromatic rings. The number of tetrazole rings is 2. The molecule has 0 bridgehead atoms. The normalized spacial score (nSPS) is 15.4. The molecule has 2 fully saturated rings. The van der Waals surface area contributed by atoms with Crippen LogP contribution >= 0.6 is 0 Å². The molecule has 0 atom stereocenters. The number of aromatic nitrogens is 8. The molecule has 0 unspecified atom stereocenters. The van der Waals surface area contributed by atoms with Crippen LogP contribution in [0.25, 0.3) is 0 Å². The molecule has 29 heavy (non-hydrogen) atoms. The van der Waals surface area contributed by atoms with E-state index < -0.39 is 10.2 Å². The van der Waals surface area contributed by atoms with E-state index in [2.05, 4.69) is 31.1 Å². The summed E-state index contributed by atoms with van der Waals surface area (Å²) in [6.07, 6.45) is 13.7.